The van der Waals surface area contributed by atoms with E-state index >= 15 is 0 Å². The number of nitrogens with one attached hydrogen (secondary N) is 1. The first-order valence-corrected chi connectivity index (χ1v) is 10.0. The number of fused-ring (bicyclic) bond motifs is 4. The number of carbonyl (C=O) groups excluding carboxylic acids is 1. The zero-order valence-electron chi connectivity index (χ0n) is 16.3. The Hall–Kier alpha value is -3.60. The van der Waals surface area contributed by atoms with Gasteiger partial charge in [-0.1, -0.05) is 72.8 Å². The number of hydrogen-bond donors (Lipinski definition) is 2. The summed E-state index contributed by atoms with van der Waals surface area (Å²) >= 11 is 0. The van der Waals surface area contributed by atoms with Crippen LogP contribution in [0, 0.1) is 0 Å². The van der Waals surface area contributed by atoms with Gasteiger partial charge in [0.1, 0.15) is 6.61 Å². The zero-order valence-corrected chi connectivity index (χ0v) is 16.3. The van der Waals surface area contributed by atoms with Crippen LogP contribution in [0.15, 0.2) is 72.8 Å². The number of ether oxygens (including phenoxy) is 1. The molecule has 2 aliphatic rings. The molecule has 0 aliphatic heterocycles. The number of rotatable bonds is 4. The molecule has 3 aromatic carbocycles. The molecular formula is C25H21NO4. The predicted octanol–water partition coefficient (Wildman–Crippen LogP) is 4.45. The average Bonchev–Trinajstić information content (AvgIpc) is 3.29. The van der Waals surface area contributed by atoms with Crippen molar-refractivity contribution in [3.63, 3.8) is 0 Å². The Kier molecular flexibility index (Phi) is 4.31. The topological polar surface area (TPSA) is 75.6 Å². The van der Waals surface area contributed by atoms with Gasteiger partial charge in [-0.25, -0.2) is 9.59 Å². The highest BCUT2D eigenvalue weighted by Crippen LogP contribution is 2.44. The Morgan fingerprint density at radius 2 is 1.53 bits per heavy atom. The van der Waals surface area contributed by atoms with Gasteiger partial charge < -0.3 is 15.2 Å². The Morgan fingerprint density at radius 3 is 2.20 bits per heavy atom. The highest BCUT2D eigenvalue weighted by molar-refractivity contribution is 5.87. The van der Waals surface area contributed by atoms with E-state index in [-0.39, 0.29) is 12.5 Å². The van der Waals surface area contributed by atoms with E-state index in [0.717, 1.165) is 27.8 Å². The first-order chi connectivity index (χ1) is 14.6. The SMILES string of the molecule is O=C(N[C@@]1(C(=O)O)CCc2ccccc21)OCC1c2ccccc2-c2ccccc21. The number of amides is 1. The quantitative estimate of drug-likeness (QED) is 0.680. The molecule has 5 nitrogen and oxygen atoms in total. The molecule has 0 saturated heterocycles. The van der Waals surface area contributed by atoms with Gasteiger partial charge in [0, 0.05) is 5.92 Å². The number of aryl methyl sites for hydroxylation is 1. The minimum absolute atomic E-state index is 0.0696. The summed E-state index contributed by atoms with van der Waals surface area (Å²) in [6.07, 6.45) is 0.203. The molecule has 5 heteroatoms. The summed E-state index contributed by atoms with van der Waals surface area (Å²) in [4.78, 5) is 24.8. The molecule has 2 aliphatic carbocycles. The summed E-state index contributed by atoms with van der Waals surface area (Å²) in [6, 6.07) is 23.5. The summed E-state index contributed by atoms with van der Waals surface area (Å²) in [6.45, 7) is 0.150. The molecule has 0 aromatic heterocycles. The molecule has 0 radical (unpaired) electrons. The first-order valence-electron chi connectivity index (χ1n) is 10.0. The minimum Gasteiger partial charge on any atom is -0.479 e. The van der Waals surface area contributed by atoms with Gasteiger partial charge in [-0.2, -0.15) is 0 Å². The van der Waals surface area contributed by atoms with Gasteiger partial charge in [0.25, 0.3) is 0 Å². The lowest BCUT2D eigenvalue weighted by Crippen LogP contribution is -2.50. The fourth-order valence-corrected chi connectivity index (χ4v) is 4.83. The van der Waals surface area contributed by atoms with E-state index < -0.39 is 17.6 Å². The molecular weight excluding hydrogens is 378 g/mol. The Morgan fingerprint density at radius 1 is 0.933 bits per heavy atom. The van der Waals surface area contributed by atoms with E-state index in [0.29, 0.717) is 18.4 Å². The molecule has 3 aromatic rings. The lowest BCUT2D eigenvalue weighted by Gasteiger charge is -2.27. The van der Waals surface area contributed by atoms with Gasteiger partial charge in [0.05, 0.1) is 0 Å². The maximum Gasteiger partial charge on any atom is 0.408 e. The monoisotopic (exact) mass is 399 g/mol. The molecule has 2 N–H and O–H groups in total. The second-order valence-corrected chi connectivity index (χ2v) is 7.82. The molecule has 5 rings (SSSR count). The lowest BCUT2D eigenvalue weighted by molar-refractivity contribution is -0.145. The number of benzene rings is 3. The number of carboxylic acids is 1. The van der Waals surface area contributed by atoms with Crippen LogP contribution in [0.2, 0.25) is 0 Å². The lowest BCUT2D eigenvalue weighted by atomic mass is 9.92. The van der Waals surface area contributed by atoms with Gasteiger partial charge in [-0.15, -0.1) is 0 Å². The zero-order chi connectivity index (χ0) is 20.7. The number of carboxylic acid groups (broad SMARTS) is 1. The number of hydrogen-bond acceptors (Lipinski definition) is 3. The third-order valence-electron chi connectivity index (χ3n) is 6.27. The summed E-state index contributed by atoms with van der Waals surface area (Å²) in [5.41, 5.74) is 4.66. The van der Waals surface area contributed by atoms with Crippen molar-refractivity contribution in [2.75, 3.05) is 6.61 Å². The van der Waals surface area contributed by atoms with Crippen molar-refractivity contribution < 1.29 is 19.4 Å². The number of aliphatic carboxylic acids is 1. The van der Waals surface area contributed by atoms with Crippen LogP contribution in [0.1, 0.15) is 34.6 Å². The van der Waals surface area contributed by atoms with Gasteiger partial charge in [-0.3, -0.25) is 0 Å². The molecule has 0 fully saturated rings. The van der Waals surface area contributed by atoms with E-state index in [9.17, 15) is 14.7 Å². The van der Waals surface area contributed by atoms with E-state index in [1.807, 2.05) is 48.5 Å². The van der Waals surface area contributed by atoms with Crippen molar-refractivity contribution in [1.29, 1.82) is 0 Å². The highest BCUT2D eigenvalue weighted by Gasteiger charge is 2.47. The van der Waals surface area contributed by atoms with Crippen LogP contribution in [0.5, 0.6) is 0 Å². The normalized spacial score (nSPS) is 18.9. The summed E-state index contributed by atoms with van der Waals surface area (Å²) < 4.78 is 5.58. The van der Waals surface area contributed by atoms with Crippen LogP contribution in [0.3, 0.4) is 0 Å². The molecule has 0 bridgehead atoms. The van der Waals surface area contributed by atoms with Crippen molar-refractivity contribution >= 4 is 12.1 Å². The van der Waals surface area contributed by atoms with Crippen LogP contribution in [-0.2, 0) is 21.5 Å². The smallest absolute Gasteiger partial charge is 0.408 e. The third kappa shape index (κ3) is 2.77. The van der Waals surface area contributed by atoms with Crippen molar-refractivity contribution in [1.82, 2.24) is 5.32 Å². The molecule has 0 spiro atoms. The van der Waals surface area contributed by atoms with Crippen LogP contribution < -0.4 is 5.32 Å². The van der Waals surface area contributed by atoms with Crippen LogP contribution >= 0.6 is 0 Å². The van der Waals surface area contributed by atoms with Crippen molar-refractivity contribution in [2.45, 2.75) is 24.3 Å². The number of alkyl carbamates (subject to hydrolysis) is 1. The fourth-order valence-electron chi connectivity index (χ4n) is 4.83. The van der Waals surface area contributed by atoms with Crippen molar-refractivity contribution in [3.05, 3.63) is 95.1 Å². The molecule has 1 amide bonds. The molecule has 0 heterocycles. The molecule has 0 unspecified atom stereocenters. The summed E-state index contributed by atoms with van der Waals surface area (Å²) in [7, 11) is 0. The molecule has 0 saturated carbocycles. The maximum absolute atomic E-state index is 12.7. The predicted molar refractivity (Wildman–Crippen MR) is 112 cm³/mol. The van der Waals surface area contributed by atoms with E-state index in [1.54, 1.807) is 12.1 Å². The minimum atomic E-state index is -1.45. The highest BCUT2D eigenvalue weighted by atomic mass is 16.5. The average molecular weight is 399 g/mol. The molecule has 150 valence electrons. The Balaban J connectivity index is 1.37. The maximum atomic E-state index is 12.7. The number of carbonyl (C=O) groups is 2. The molecule has 1 atom stereocenters. The standard InChI is InChI=1S/C25H21NO4/c27-23(28)25(14-13-16-7-1-6-12-22(16)25)26-24(29)30-15-21-19-10-4-2-8-17(19)18-9-3-5-11-20(18)21/h1-12,21H,13-15H2,(H,26,29)(H,27,28)/t25-/m0/s1. The summed E-state index contributed by atoms with van der Waals surface area (Å²) in [5.74, 6) is -1.14. The van der Waals surface area contributed by atoms with Gasteiger partial charge in [0.15, 0.2) is 5.54 Å². The third-order valence-corrected chi connectivity index (χ3v) is 6.27. The van der Waals surface area contributed by atoms with Crippen LogP contribution in [-0.4, -0.2) is 23.8 Å². The van der Waals surface area contributed by atoms with E-state index in [4.69, 9.17) is 4.74 Å². The van der Waals surface area contributed by atoms with E-state index in [2.05, 4.69) is 17.4 Å². The van der Waals surface area contributed by atoms with Gasteiger partial charge in [0.2, 0.25) is 0 Å². The summed E-state index contributed by atoms with van der Waals surface area (Å²) in [5, 5.41) is 12.6. The van der Waals surface area contributed by atoms with Crippen LogP contribution in [0.25, 0.3) is 11.1 Å². The second-order valence-electron chi connectivity index (χ2n) is 7.82. The first kappa shape index (κ1) is 18.4. The largest absolute Gasteiger partial charge is 0.479 e. The Bertz CT molecular complexity index is 1110. The molecule has 30 heavy (non-hydrogen) atoms. The fraction of sp³-hybridized carbons (Fsp3) is 0.200. The van der Waals surface area contributed by atoms with Crippen LogP contribution in [0.4, 0.5) is 4.79 Å². The van der Waals surface area contributed by atoms with Gasteiger partial charge >= 0.3 is 12.1 Å². The second kappa shape index (κ2) is 7.02. The van der Waals surface area contributed by atoms with Gasteiger partial charge in [-0.05, 0) is 46.2 Å². The van der Waals surface area contributed by atoms with E-state index in [1.165, 1.54) is 0 Å². The van der Waals surface area contributed by atoms with Crippen molar-refractivity contribution in [2.24, 2.45) is 0 Å². The van der Waals surface area contributed by atoms with Crippen molar-refractivity contribution in [3.8, 4) is 11.1 Å². The Labute approximate surface area is 174 Å².